The highest BCUT2D eigenvalue weighted by molar-refractivity contribution is 5.75. The zero-order chi connectivity index (χ0) is 12.0. The fourth-order valence-corrected chi connectivity index (χ4v) is 1.55. The van der Waals surface area contributed by atoms with Gasteiger partial charge in [0.05, 0.1) is 12.9 Å². The average molecular weight is 225 g/mol. The van der Waals surface area contributed by atoms with Gasteiger partial charge in [-0.05, 0) is 32.9 Å². The molecular weight excluding hydrogens is 206 g/mol. The molecule has 2 atom stereocenters. The quantitative estimate of drug-likeness (QED) is 0.749. The van der Waals surface area contributed by atoms with Gasteiger partial charge in [0, 0.05) is 12.5 Å². The molecule has 0 aromatic carbocycles. The molecule has 1 rings (SSSR count). The molecule has 0 aliphatic carbocycles. The number of hydrogen-bond donors (Lipinski definition) is 1. The smallest absolute Gasteiger partial charge is 0.322 e. The first-order valence-electron chi connectivity index (χ1n) is 5.58. The molecule has 0 saturated heterocycles. The first-order chi connectivity index (χ1) is 7.63. The van der Waals surface area contributed by atoms with Gasteiger partial charge < -0.3 is 14.5 Å². The van der Waals surface area contributed by atoms with Crippen molar-refractivity contribution in [1.29, 1.82) is 0 Å². The maximum Gasteiger partial charge on any atom is 0.322 e. The van der Waals surface area contributed by atoms with E-state index in [1.54, 1.807) is 20.1 Å². The van der Waals surface area contributed by atoms with Gasteiger partial charge in [0.25, 0.3) is 0 Å². The van der Waals surface area contributed by atoms with Crippen LogP contribution in [0.15, 0.2) is 22.8 Å². The number of furan rings is 1. The lowest BCUT2D eigenvalue weighted by molar-refractivity contribution is -0.145. The Morgan fingerprint density at radius 1 is 1.56 bits per heavy atom. The summed E-state index contributed by atoms with van der Waals surface area (Å²) in [5.74, 6) is 0.699. The van der Waals surface area contributed by atoms with Crippen molar-refractivity contribution in [2.75, 3.05) is 6.61 Å². The van der Waals surface area contributed by atoms with Gasteiger partial charge in [0.2, 0.25) is 0 Å². The van der Waals surface area contributed by atoms with Gasteiger partial charge in [-0.2, -0.15) is 0 Å². The highest BCUT2D eigenvalue weighted by Gasteiger charge is 2.16. The molecule has 0 amide bonds. The van der Waals surface area contributed by atoms with E-state index in [2.05, 4.69) is 5.32 Å². The SMILES string of the molecule is CCOC(=O)C(C)NC(C)Cc1ccco1. The summed E-state index contributed by atoms with van der Waals surface area (Å²) in [5.41, 5.74) is 0. The van der Waals surface area contributed by atoms with Crippen molar-refractivity contribution in [1.82, 2.24) is 5.32 Å². The number of esters is 1. The summed E-state index contributed by atoms with van der Waals surface area (Å²) in [6.45, 7) is 6.03. The van der Waals surface area contributed by atoms with E-state index in [0.717, 1.165) is 12.2 Å². The largest absolute Gasteiger partial charge is 0.469 e. The second-order valence-corrected chi connectivity index (χ2v) is 3.82. The average Bonchev–Trinajstić information content (AvgIpc) is 2.70. The minimum Gasteiger partial charge on any atom is -0.469 e. The Balaban J connectivity index is 2.33. The number of carbonyl (C=O) groups is 1. The molecule has 4 nitrogen and oxygen atoms in total. The van der Waals surface area contributed by atoms with Gasteiger partial charge >= 0.3 is 5.97 Å². The Bertz CT molecular complexity index is 308. The van der Waals surface area contributed by atoms with Gasteiger partial charge in [0.1, 0.15) is 11.8 Å². The van der Waals surface area contributed by atoms with Crippen LogP contribution in [0.5, 0.6) is 0 Å². The summed E-state index contributed by atoms with van der Waals surface area (Å²) < 4.78 is 10.2. The Morgan fingerprint density at radius 3 is 2.88 bits per heavy atom. The van der Waals surface area contributed by atoms with Crippen molar-refractivity contribution < 1.29 is 13.9 Å². The third-order valence-electron chi connectivity index (χ3n) is 2.26. The molecule has 4 heteroatoms. The zero-order valence-corrected chi connectivity index (χ0v) is 10.0. The zero-order valence-electron chi connectivity index (χ0n) is 10.0. The first-order valence-corrected chi connectivity index (χ1v) is 5.58. The molecule has 16 heavy (non-hydrogen) atoms. The van der Waals surface area contributed by atoms with Gasteiger partial charge in [-0.3, -0.25) is 4.79 Å². The van der Waals surface area contributed by atoms with E-state index >= 15 is 0 Å². The first kappa shape index (κ1) is 12.8. The second-order valence-electron chi connectivity index (χ2n) is 3.82. The van der Waals surface area contributed by atoms with E-state index < -0.39 is 0 Å². The fourth-order valence-electron chi connectivity index (χ4n) is 1.55. The van der Waals surface area contributed by atoms with Crippen LogP contribution in [0.25, 0.3) is 0 Å². The van der Waals surface area contributed by atoms with Crippen molar-refractivity contribution in [2.24, 2.45) is 0 Å². The van der Waals surface area contributed by atoms with E-state index in [-0.39, 0.29) is 18.1 Å². The van der Waals surface area contributed by atoms with Crippen LogP contribution in [0.4, 0.5) is 0 Å². The number of ether oxygens (including phenoxy) is 1. The standard InChI is InChI=1S/C12H19NO3/c1-4-15-12(14)10(3)13-9(2)8-11-6-5-7-16-11/h5-7,9-10,13H,4,8H2,1-3H3. The molecule has 0 bridgehead atoms. The van der Waals surface area contributed by atoms with Gasteiger partial charge in [-0.1, -0.05) is 0 Å². The third-order valence-corrected chi connectivity index (χ3v) is 2.26. The fraction of sp³-hybridized carbons (Fsp3) is 0.583. The lowest BCUT2D eigenvalue weighted by Crippen LogP contribution is -2.41. The molecule has 0 fully saturated rings. The number of carbonyl (C=O) groups excluding carboxylic acids is 1. The summed E-state index contributed by atoms with van der Waals surface area (Å²) >= 11 is 0. The third kappa shape index (κ3) is 4.06. The summed E-state index contributed by atoms with van der Waals surface area (Å²) in [5, 5.41) is 3.17. The Labute approximate surface area is 96.0 Å². The van der Waals surface area contributed by atoms with Gasteiger partial charge in [-0.15, -0.1) is 0 Å². The molecule has 0 aliphatic rings. The van der Waals surface area contributed by atoms with Crippen molar-refractivity contribution >= 4 is 5.97 Å². The van der Waals surface area contributed by atoms with Crippen LogP contribution in [-0.2, 0) is 16.0 Å². The molecule has 0 radical (unpaired) electrons. The Kier molecular flexibility index (Phi) is 5.05. The number of nitrogens with one attached hydrogen (secondary N) is 1. The highest BCUT2D eigenvalue weighted by atomic mass is 16.5. The molecule has 1 aromatic heterocycles. The van der Waals surface area contributed by atoms with Crippen LogP contribution in [-0.4, -0.2) is 24.7 Å². The van der Waals surface area contributed by atoms with Crippen LogP contribution >= 0.6 is 0 Å². The molecule has 1 heterocycles. The van der Waals surface area contributed by atoms with E-state index in [1.807, 2.05) is 19.1 Å². The Morgan fingerprint density at radius 2 is 2.31 bits per heavy atom. The van der Waals surface area contributed by atoms with E-state index in [4.69, 9.17) is 9.15 Å². The second kappa shape index (κ2) is 6.33. The van der Waals surface area contributed by atoms with Crippen LogP contribution in [0.1, 0.15) is 26.5 Å². The van der Waals surface area contributed by atoms with Gasteiger partial charge in [-0.25, -0.2) is 0 Å². The van der Waals surface area contributed by atoms with Crippen LogP contribution < -0.4 is 5.32 Å². The van der Waals surface area contributed by atoms with E-state index in [9.17, 15) is 4.79 Å². The minimum atomic E-state index is -0.287. The van der Waals surface area contributed by atoms with Crippen molar-refractivity contribution in [3.63, 3.8) is 0 Å². The minimum absolute atomic E-state index is 0.172. The predicted octanol–water partition coefficient (Wildman–Crippen LogP) is 1.75. The summed E-state index contributed by atoms with van der Waals surface area (Å²) in [4.78, 5) is 11.4. The summed E-state index contributed by atoms with van der Waals surface area (Å²) in [6, 6.07) is 3.67. The molecule has 1 aromatic rings. The maximum atomic E-state index is 11.4. The highest BCUT2D eigenvalue weighted by Crippen LogP contribution is 2.04. The lowest BCUT2D eigenvalue weighted by atomic mass is 10.1. The van der Waals surface area contributed by atoms with Crippen LogP contribution in [0.3, 0.4) is 0 Å². The Hall–Kier alpha value is -1.29. The monoisotopic (exact) mass is 225 g/mol. The molecule has 1 N–H and O–H groups in total. The molecule has 0 spiro atoms. The molecular formula is C12H19NO3. The topological polar surface area (TPSA) is 51.5 Å². The van der Waals surface area contributed by atoms with Crippen LogP contribution in [0, 0.1) is 0 Å². The van der Waals surface area contributed by atoms with E-state index in [1.165, 1.54) is 0 Å². The van der Waals surface area contributed by atoms with Crippen molar-refractivity contribution in [3.8, 4) is 0 Å². The molecule has 0 saturated carbocycles. The summed E-state index contributed by atoms with van der Waals surface area (Å²) in [7, 11) is 0. The van der Waals surface area contributed by atoms with Crippen molar-refractivity contribution in [3.05, 3.63) is 24.2 Å². The lowest BCUT2D eigenvalue weighted by Gasteiger charge is -2.17. The molecule has 90 valence electrons. The predicted molar refractivity (Wildman–Crippen MR) is 61.1 cm³/mol. The number of rotatable bonds is 6. The van der Waals surface area contributed by atoms with E-state index in [0.29, 0.717) is 6.61 Å². The molecule has 2 unspecified atom stereocenters. The molecule has 0 aliphatic heterocycles. The summed E-state index contributed by atoms with van der Waals surface area (Å²) in [6.07, 6.45) is 2.41. The van der Waals surface area contributed by atoms with Crippen LogP contribution in [0.2, 0.25) is 0 Å². The van der Waals surface area contributed by atoms with Gasteiger partial charge in [0.15, 0.2) is 0 Å². The maximum absolute atomic E-state index is 11.4. The number of hydrogen-bond acceptors (Lipinski definition) is 4. The van der Waals surface area contributed by atoms with Crippen molar-refractivity contribution in [2.45, 2.75) is 39.3 Å². The normalized spacial score (nSPS) is 14.4.